The van der Waals surface area contributed by atoms with Crippen LogP contribution in [0.2, 0.25) is 0 Å². The van der Waals surface area contributed by atoms with Crippen molar-refractivity contribution in [3.63, 3.8) is 0 Å². The molecule has 0 unspecified atom stereocenters. The molecule has 0 aromatic heterocycles. The molecular weight excluding hydrogens is 571 g/mol. The van der Waals surface area contributed by atoms with Gasteiger partial charge in [-0.15, -0.1) is 39.7 Å². The molecule has 202 valence electrons. The molecule has 0 heterocycles. The van der Waals surface area contributed by atoms with E-state index in [4.69, 9.17) is 17.0 Å². The summed E-state index contributed by atoms with van der Waals surface area (Å²) in [5.41, 5.74) is 3.21. The molecule has 4 aromatic rings. The largest absolute Gasteiger partial charge is 0.214 e. The molecule has 5 rings (SSSR count). The summed E-state index contributed by atoms with van der Waals surface area (Å²) in [6.07, 6.45) is 8.18. The minimum Gasteiger partial charge on any atom is -0.214 e. The number of hydrogen-bond acceptors (Lipinski definition) is 0. The summed E-state index contributed by atoms with van der Waals surface area (Å²) in [5.74, 6) is 0.972. The van der Waals surface area contributed by atoms with E-state index in [0.29, 0.717) is 0 Å². The summed E-state index contributed by atoms with van der Waals surface area (Å²) < 4.78 is 3.37. The second-order valence-electron chi connectivity index (χ2n) is 11.9. The molecule has 1 saturated carbocycles. The summed E-state index contributed by atoms with van der Waals surface area (Å²) in [5, 5.41) is 5.48. The van der Waals surface area contributed by atoms with E-state index >= 15 is 0 Å². The van der Waals surface area contributed by atoms with Crippen molar-refractivity contribution in [2.75, 3.05) is 0 Å². The van der Waals surface area contributed by atoms with Crippen molar-refractivity contribution in [1.29, 1.82) is 0 Å². The van der Waals surface area contributed by atoms with E-state index in [1.807, 2.05) is 30.3 Å². The molecule has 4 aromatic carbocycles. The molecule has 1 aliphatic rings. The van der Waals surface area contributed by atoms with Crippen molar-refractivity contribution in [1.82, 2.24) is 0 Å². The fraction of sp³-hybridized carbons (Fsp3) is 0.412. The van der Waals surface area contributed by atoms with Crippen molar-refractivity contribution >= 4 is 42.8 Å². The van der Waals surface area contributed by atoms with Crippen LogP contribution in [0.15, 0.2) is 72.8 Å². The van der Waals surface area contributed by atoms with E-state index in [2.05, 4.69) is 102 Å². The molecule has 0 amide bonds. The zero-order chi connectivity index (χ0) is 27.6. The van der Waals surface area contributed by atoms with Gasteiger partial charge in [0.1, 0.15) is 0 Å². The number of hydrogen-bond donors (Lipinski definition) is 0. The van der Waals surface area contributed by atoms with Crippen LogP contribution < -0.4 is 0 Å². The van der Waals surface area contributed by atoms with Gasteiger partial charge in [0.25, 0.3) is 0 Å². The minimum absolute atomic E-state index is 0.203. The summed E-state index contributed by atoms with van der Waals surface area (Å²) in [4.78, 5) is 0. The van der Waals surface area contributed by atoms with Crippen LogP contribution in [0.1, 0.15) is 85.3 Å². The Morgan fingerprint density at radius 1 is 0.811 bits per heavy atom. The topological polar surface area (TPSA) is 0 Å². The number of rotatable bonds is 1. The Morgan fingerprint density at radius 3 is 1.49 bits per heavy atom. The van der Waals surface area contributed by atoms with Gasteiger partial charge in [-0.1, -0.05) is 103 Å². The summed E-state index contributed by atoms with van der Waals surface area (Å²) >= 11 is -1.85. The maximum Gasteiger partial charge on any atom is -0.172 e. The van der Waals surface area contributed by atoms with Crippen molar-refractivity contribution in [2.45, 2.75) is 85.0 Å². The second-order valence-corrected chi connectivity index (χ2v) is 20.1. The predicted molar refractivity (Wildman–Crippen MR) is 167 cm³/mol. The quantitative estimate of drug-likeness (QED) is 0.187. The molecule has 0 saturated heterocycles. The Hall–Kier alpha value is -1.01. The van der Waals surface area contributed by atoms with Crippen LogP contribution in [0.4, 0.5) is 0 Å². The van der Waals surface area contributed by atoms with Gasteiger partial charge in [-0.25, -0.2) is 12.1 Å². The normalized spacial score (nSPS) is 13.8. The van der Waals surface area contributed by atoms with Crippen molar-refractivity contribution in [2.24, 2.45) is 5.92 Å². The number of benzene rings is 2. The van der Waals surface area contributed by atoms with Crippen LogP contribution in [0.5, 0.6) is 0 Å². The predicted octanol–water partition coefficient (Wildman–Crippen LogP) is 11.5. The van der Waals surface area contributed by atoms with Gasteiger partial charge in [0, 0.05) is 0 Å². The maximum atomic E-state index is 5.13. The van der Waals surface area contributed by atoms with E-state index in [0.717, 1.165) is 5.92 Å². The van der Waals surface area contributed by atoms with Crippen LogP contribution >= 0.6 is 17.0 Å². The van der Waals surface area contributed by atoms with Crippen LogP contribution in [-0.4, -0.2) is 4.21 Å². The molecular formula is C34H45Cl2Zr-3. The van der Waals surface area contributed by atoms with Gasteiger partial charge in [0.05, 0.1) is 0 Å². The molecule has 0 spiro atoms. The standard InChI is InChI=1S/C21H25.C7H13.C5H5.CH2.2ClH.Zr/c1-20(2,3)16-7-9-18-14(12-16)11-15-13-17(21(4,5)6)8-10-19(15)18;1-2-7-5-3-4-6-7;1-2-4-5-3-1;;;;/h7-13H,1-6H3;2,7H,3-6H2,1H3;1-5H;1H2;2*1H;/q3*-1;;;;+2/p-2. The fourth-order valence-electron chi connectivity index (χ4n) is 4.57. The van der Waals surface area contributed by atoms with Crippen LogP contribution in [0.3, 0.4) is 0 Å². The first kappa shape index (κ1) is 32.2. The third-order valence-electron chi connectivity index (χ3n) is 6.86. The first-order valence-electron chi connectivity index (χ1n) is 13.4. The fourth-order valence-corrected chi connectivity index (χ4v) is 4.57. The zero-order valence-corrected chi connectivity index (χ0v) is 27.8. The van der Waals surface area contributed by atoms with E-state index in [9.17, 15) is 0 Å². The first-order valence-corrected chi connectivity index (χ1v) is 21.5. The minimum atomic E-state index is -1.85. The Bertz CT molecular complexity index is 1120. The molecule has 0 bridgehead atoms. The zero-order valence-electron chi connectivity index (χ0n) is 23.9. The van der Waals surface area contributed by atoms with E-state index in [1.165, 1.54) is 58.4 Å². The molecule has 3 heteroatoms. The first-order chi connectivity index (χ1) is 17.3. The molecule has 0 nitrogen and oxygen atoms in total. The van der Waals surface area contributed by atoms with Gasteiger partial charge in [-0.05, 0) is 10.8 Å². The monoisotopic (exact) mass is 613 g/mol. The van der Waals surface area contributed by atoms with Crippen molar-refractivity contribution < 1.29 is 18.9 Å². The van der Waals surface area contributed by atoms with Gasteiger partial charge in [-0.3, -0.25) is 0 Å². The maximum absolute atomic E-state index is 5.13. The van der Waals surface area contributed by atoms with Gasteiger partial charge in [0.15, 0.2) is 0 Å². The molecule has 0 N–H and O–H groups in total. The molecule has 1 aliphatic carbocycles. The average molecular weight is 616 g/mol. The summed E-state index contributed by atoms with van der Waals surface area (Å²) in [7, 11) is 10.3. The van der Waals surface area contributed by atoms with Gasteiger partial charge in [0.2, 0.25) is 0 Å². The summed E-state index contributed by atoms with van der Waals surface area (Å²) in [6, 6.07) is 26.2. The molecule has 37 heavy (non-hydrogen) atoms. The van der Waals surface area contributed by atoms with Crippen LogP contribution in [0.25, 0.3) is 21.5 Å². The Morgan fingerprint density at radius 2 is 1.22 bits per heavy atom. The SMILES string of the molecule is CC(C)(C)c1ccc2c(c1)[cH-]c1cc(C(C)(C)C)ccc12.C[CH-]C1CCCC1.[CH2]=[Zr]([Cl])[Cl].c1cc[cH-]c1. The van der Waals surface area contributed by atoms with Crippen molar-refractivity contribution in [3.05, 3.63) is 90.3 Å². The number of halogens is 2. The van der Waals surface area contributed by atoms with E-state index < -0.39 is 18.9 Å². The third kappa shape index (κ3) is 10.9. The average Bonchev–Trinajstić information content (AvgIpc) is 3.60. The number of fused-ring (bicyclic) bond motifs is 3. The Balaban J connectivity index is 0.000000243. The molecule has 1 fully saturated rings. The van der Waals surface area contributed by atoms with Crippen LogP contribution in [0, 0.1) is 12.3 Å². The third-order valence-corrected chi connectivity index (χ3v) is 6.86. The second kappa shape index (κ2) is 15.0. The van der Waals surface area contributed by atoms with Gasteiger partial charge in [-0.2, -0.15) is 31.0 Å². The van der Waals surface area contributed by atoms with E-state index in [-0.39, 0.29) is 10.8 Å². The summed E-state index contributed by atoms with van der Waals surface area (Å²) in [6.45, 7) is 15.8. The molecule has 0 atom stereocenters. The van der Waals surface area contributed by atoms with Crippen molar-refractivity contribution in [3.8, 4) is 0 Å². The van der Waals surface area contributed by atoms with Crippen LogP contribution in [-0.2, 0) is 29.7 Å². The molecule has 0 aliphatic heterocycles. The Kier molecular flexibility index (Phi) is 13.0. The smallest absolute Gasteiger partial charge is 0.172 e. The molecule has 0 radical (unpaired) electrons. The van der Waals surface area contributed by atoms with E-state index in [1.54, 1.807) is 0 Å². The van der Waals surface area contributed by atoms with Gasteiger partial charge < -0.3 is 6.42 Å². The Labute approximate surface area is 241 Å². The van der Waals surface area contributed by atoms with Gasteiger partial charge >= 0.3 is 40.1 Å².